The smallest absolute Gasteiger partial charge is 0.185 e. The number of nitrogens with zero attached hydrogens (tertiary/aromatic N) is 6. The molecule has 2 heterocycles. The third-order valence-electron chi connectivity index (χ3n) is 1.91. The van der Waals surface area contributed by atoms with Crippen LogP contribution in [0.5, 0.6) is 0 Å². The largest absolute Gasteiger partial charge is 0.312 e. The van der Waals surface area contributed by atoms with Crippen molar-refractivity contribution in [3.05, 3.63) is 12.5 Å². The molecule has 0 aromatic carbocycles. The fourth-order valence-corrected chi connectivity index (χ4v) is 1.31. The van der Waals surface area contributed by atoms with Crippen LogP contribution in [0.1, 0.15) is 13.3 Å². The molecule has 0 spiro atoms. The van der Waals surface area contributed by atoms with Crippen LogP contribution in [0.15, 0.2) is 12.5 Å². The zero-order valence-electron chi connectivity index (χ0n) is 8.25. The summed E-state index contributed by atoms with van der Waals surface area (Å²) in [6.07, 6.45) is 4.45. The van der Waals surface area contributed by atoms with E-state index in [0.717, 1.165) is 24.5 Å². The van der Waals surface area contributed by atoms with Gasteiger partial charge in [0.2, 0.25) is 0 Å². The van der Waals surface area contributed by atoms with Crippen molar-refractivity contribution in [1.29, 1.82) is 0 Å². The minimum atomic E-state index is 0.762. The molecule has 2 rings (SSSR count). The maximum atomic E-state index is 4.18. The van der Waals surface area contributed by atoms with Gasteiger partial charge in [0, 0.05) is 13.6 Å². The summed E-state index contributed by atoms with van der Waals surface area (Å²) in [5.74, 6) is 0.778. The van der Waals surface area contributed by atoms with Gasteiger partial charge in [-0.15, -0.1) is 10.2 Å². The van der Waals surface area contributed by atoms with Crippen LogP contribution in [-0.4, -0.2) is 29.8 Å². The molecule has 0 atom stereocenters. The Morgan fingerprint density at radius 2 is 2.29 bits per heavy atom. The van der Waals surface area contributed by atoms with Crippen molar-refractivity contribution in [1.82, 2.24) is 29.8 Å². The predicted molar refractivity (Wildman–Crippen MR) is 50.3 cm³/mol. The van der Waals surface area contributed by atoms with Gasteiger partial charge in [-0.25, -0.2) is 0 Å². The van der Waals surface area contributed by atoms with Crippen LogP contribution in [0.25, 0.3) is 11.5 Å². The van der Waals surface area contributed by atoms with Crippen LogP contribution in [-0.2, 0) is 13.6 Å². The molecule has 0 fully saturated rings. The van der Waals surface area contributed by atoms with Gasteiger partial charge in [-0.1, -0.05) is 6.92 Å². The average Bonchev–Trinajstić information content (AvgIpc) is 2.74. The zero-order valence-corrected chi connectivity index (χ0v) is 8.25. The molecule has 0 unspecified atom stereocenters. The summed E-state index contributed by atoms with van der Waals surface area (Å²) in [6.45, 7) is 3.01. The van der Waals surface area contributed by atoms with E-state index in [1.54, 1.807) is 19.6 Å². The Morgan fingerprint density at radius 3 is 2.93 bits per heavy atom. The van der Waals surface area contributed by atoms with E-state index in [4.69, 9.17) is 0 Å². The summed E-state index contributed by atoms with van der Waals surface area (Å²) >= 11 is 0. The van der Waals surface area contributed by atoms with Gasteiger partial charge in [0.1, 0.15) is 6.33 Å². The number of aryl methyl sites for hydroxylation is 2. The van der Waals surface area contributed by atoms with Gasteiger partial charge in [0.25, 0.3) is 0 Å². The lowest BCUT2D eigenvalue weighted by molar-refractivity contribution is 0.649. The van der Waals surface area contributed by atoms with Crippen molar-refractivity contribution in [2.75, 3.05) is 0 Å². The molecule has 0 aliphatic heterocycles. The van der Waals surface area contributed by atoms with Crippen LogP contribution >= 0.6 is 0 Å². The Hall–Kier alpha value is -1.72. The van der Waals surface area contributed by atoms with Crippen molar-refractivity contribution in [2.45, 2.75) is 19.9 Å². The Morgan fingerprint density at radius 1 is 1.43 bits per heavy atom. The zero-order chi connectivity index (χ0) is 9.97. The summed E-state index contributed by atoms with van der Waals surface area (Å²) in [4.78, 5) is 1.51. The summed E-state index contributed by atoms with van der Waals surface area (Å²) in [5.41, 5.74) is 0.762. The Balaban J connectivity index is 2.36. The van der Waals surface area contributed by atoms with Crippen LogP contribution in [0.2, 0.25) is 0 Å². The van der Waals surface area contributed by atoms with Crippen LogP contribution in [0, 0.1) is 0 Å². The van der Waals surface area contributed by atoms with Crippen molar-refractivity contribution < 1.29 is 0 Å². The minimum Gasteiger partial charge on any atom is -0.312 e. The van der Waals surface area contributed by atoms with E-state index in [2.05, 4.69) is 27.3 Å². The minimum absolute atomic E-state index is 0.762. The molecule has 14 heavy (non-hydrogen) atoms. The fraction of sp³-hybridized carbons (Fsp3) is 0.500. The topological polar surface area (TPSA) is 61.4 Å². The molecule has 0 aliphatic rings. The molecule has 0 saturated heterocycles. The average molecular weight is 192 g/mol. The van der Waals surface area contributed by atoms with Gasteiger partial charge in [-0.2, -0.15) is 15.0 Å². The summed E-state index contributed by atoms with van der Waals surface area (Å²) in [5, 5.41) is 16.1. The Kier molecular flexibility index (Phi) is 2.26. The first-order chi connectivity index (χ1) is 6.81. The van der Waals surface area contributed by atoms with Gasteiger partial charge in [-0.05, 0) is 6.42 Å². The van der Waals surface area contributed by atoms with E-state index in [9.17, 15) is 0 Å². The Bertz CT molecular complexity index is 415. The molecule has 6 nitrogen and oxygen atoms in total. The molecule has 0 bridgehead atoms. The van der Waals surface area contributed by atoms with Gasteiger partial charge in [0.15, 0.2) is 11.5 Å². The third-order valence-corrected chi connectivity index (χ3v) is 1.91. The van der Waals surface area contributed by atoms with Crippen LogP contribution in [0.4, 0.5) is 0 Å². The van der Waals surface area contributed by atoms with Crippen molar-refractivity contribution >= 4 is 0 Å². The maximum Gasteiger partial charge on any atom is 0.185 e. The van der Waals surface area contributed by atoms with Gasteiger partial charge in [-0.3, -0.25) is 0 Å². The van der Waals surface area contributed by atoms with E-state index in [0.29, 0.717) is 0 Å². The van der Waals surface area contributed by atoms with Crippen molar-refractivity contribution in [3.8, 4) is 11.5 Å². The first-order valence-corrected chi connectivity index (χ1v) is 4.55. The van der Waals surface area contributed by atoms with Gasteiger partial charge in [0.05, 0.1) is 6.20 Å². The molecule has 0 N–H and O–H groups in total. The lowest BCUT2D eigenvalue weighted by Crippen LogP contribution is -1.99. The van der Waals surface area contributed by atoms with Crippen LogP contribution < -0.4 is 0 Å². The van der Waals surface area contributed by atoms with Gasteiger partial charge >= 0.3 is 0 Å². The highest BCUT2D eigenvalue weighted by molar-refractivity contribution is 5.46. The molecular weight excluding hydrogens is 180 g/mol. The first-order valence-electron chi connectivity index (χ1n) is 4.55. The molecular formula is C8H12N6. The molecule has 0 radical (unpaired) electrons. The Labute approximate surface area is 81.6 Å². The van der Waals surface area contributed by atoms with Gasteiger partial charge < -0.3 is 4.57 Å². The van der Waals surface area contributed by atoms with Crippen molar-refractivity contribution in [3.63, 3.8) is 0 Å². The van der Waals surface area contributed by atoms with E-state index in [-0.39, 0.29) is 0 Å². The lowest BCUT2D eigenvalue weighted by Gasteiger charge is -2.00. The molecule has 74 valence electrons. The first kappa shape index (κ1) is 8.86. The van der Waals surface area contributed by atoms with E-state index in [1.165, 1.54) is 4.80 Å². The third kappa shape index (κ3) is 1.50. The second-order valence-corrected chi connectivity index (χ2v) is 3.07. The molecule has 2 aromatic heterocycles. The van der Waals surface area contributed by atoms with E-state index in [1.807, 2.05) is 4.57 Å². The standard InChI is InChI=1S/C8H12N6/c1-3-4-14-6-9-11-8(14)7-5-10-13(2)12-7/h5-6H,3-4H2,1-2H3. The molecule has 0 aliphatic carbocycles. The predicted octanol–water partition coefficient (Wildman–Crippen LogP) is 0.484. The highest BCUT2D eigenvalue weighted by Gasteiger charge is 2.09. The quantitative estimate of drug-likeness (QED) is 0.709. The van der Waals surface area contributed by atoms with Crippen LogP contribution in [0.3, 0.4) is 0 Å². The number of hydrogen-bond donors (Lipinski definition) is 0. The fourth-order valence-electron chi connectivity index (χ4n) is 1.31. The molecule has 6 heteroatoms. The molecule has 2 aromatic rings. The summed E-state index contributed by atoms with van der Waals surface area (Å²) < 4.78 is 1.98. The maximum absolute atomic E-state index is 4.18. The monoisotopic (exact) mass is 192 g/mol. The highest BCUT2D eigenvalue weighted by Crippen LogP contribution is 2.11. The lowest BCUT2D eigenvalue weighted by atomic mass is 10.4. The summed E-state index contributed by atoms with van der Waals surface area (Å²) in [6, 6.07) is 0. The second-order valence-electron chi connectivity index (χ2n) is 3.07. The number of rotatable bonds is 3. The van der Waals surface area contributed by atoms with E-state index >= 15 is 0 Å². The second kappa shape index (κ2) is 3.57. The highest BCUT2D eigenvalue weighted by atomic mass is 15.5. The number of hydrogen-bond acceptors (Lipinski definition) is 4. The molecule has 0 amide bonds. The summed E-state index contributed by atoms with van der Waals surface area (Å²) in [7, 11) is 1.78. The SMILES string of the molecule is CCCn1cnnc1-c1cnn(C)n1. The van der Waals surface area contributed by atoms with E-state index < -0.39 is 0 Å². The van der Waals surface area contributed by atoms with Crippen molar-refractivity contribution in [2.24, 2.45) is 7.05 Å². The molecule has 0 saturated carbocycles. The number of aromatic nitrogens is 6. The normalized spacial score (nSPS) is 10.7.